The average molecular weight is 382 g/mol. The highest BCUT2D eigenvalue weighted by Gasteiger charge is 2.32. The van der Waals surface area contributed by atoms with Gasteiger partial charge >= 0.3 is 0 Å². The van der Waals surface area contributed by atoms with Gasteiger partial charge in [-0.2, -0.15) is 0 Å². The SMILES string of the molecule is Cc1cccc(C)c1NC(=O)C[C@@H]1SC(=N[C@@H](C)c2ccccc2)NC1=O. The average Bonchev–Trinajstić information content (AvgIpc) is 2.98. The topological polar surface area (TPSA) is 70.6 Å². The number of carbonyl (C=O) groups excluding carboxylic acids is 2. The molecule has 2 amide bonds. The Bertz CT molecular complexity index is 860. The Hall–Kier alpha value is -2.60. The quantitative estimate of drug-likeness (QED) is 0.823. The Labute approximate surface area is 163 Å². The number of aryl methyl sites for hydroxylation is 2. The maximum absolute atomic E-state index is 12.4. The van der Waals surface area contributed by atoms with Gasteiger partial charge in [0.05, 0.1) is 6.04 Å². The summed E-state index contributed by atoms with van der Waals surface area (Å²) >= 11 is 1.32. The Kier molecular flexibility index (Phi) is 5.96. The van der Waals surface area contributed by atoms with Gasteiger partial charge in [0, 0.05) is 12.1 Å². The van der Waals surface area contributed by atoms with Gasteiger partial charge in [-0.05, 0) is 37.5 Å². The Balaban J connectivity index is 1.62. The van der Waals surface area contributed by atoms with Crippen molar-refractivity contribution in [1.82, 2.24) is 5.32 Å². The smallest absolute Gasteiger partial charge is 0.240 e. The van der Waals surface area contributed by atoms with Crippen LogP contribution in [0, 0.1) is 13.8 Å². The molecular formula is C21H23N3O2S. The fourth-order valence-corrected chi connectivity index (χ4v) is 4.00. The minimum Gasteiger partial charge on any atom is -0.326 e. The number of hydrogen-bond donors (Lipinski definition) is 2. The Morgan fingerprint density at radius 1 is 1.15 bits per heavy atom. The van der Waals surface area contributed by atoms with Crippen molar-refractivity contribution in [2.75, 3.05) is 5.32 Å². The van der Waals surface area contributed by atoms with E-state index in [1.54, 1.807) is 0 Å². The lowest BCUT2D eigenvalue weighted by molar-refractivity contribution is -0.122. The second-order valence-corrected chi connectivity index (χ2v) is 7.83. The van der Waals surface area contributed by atoms with E-state index in [0.717, 1.165) is 22.4 Å². The van der Waals surface area contributed by atoms with Crippen LogP contribution in [0.2, 0.25) is 0 Å². The molecule has 2 aromatic carbocycles. The zero-order valence-corrected chi connectivity index (χ0v) is 16.5. The summed E-state index contributed by atoms with van der Waals surface area (Å²) in [5, 5.41) is 5.83. The summed E-state index contributed by atoms with van der Waals surface area (Å²) in [7, 11) is 0. The molecule has 1 fully saturated rings. The van der Waals surface area contributed by atoms with E-state index in [4.69, 9.17) is 0 Å². The monoisotopic (exact) mass is 381 g/mol. The second-order valence-electron chi connectivity index (χ2n) is 6.64. The molecule has 0 saturated carbocycles. The summed E-state index contributed by atoms with van der Waals surface area (Å²) in [6, 6.07) is 15.7. The van der Waals surface area contributed by atoms with Crippen LogP contribution in [0.4, 0.5) is 5.69 Å². The lowest BCUT2D eigenvalue weighted by Crippen LogP contribution is -2.28. The predicted molar refractivity (Wildman–Crippen MR) is 111 cm³/mol. The van der Waals surface area contributed by atoms with Gasteiger partial charge in [0.25, 0.3) is 0 Å². The first kappa shape index (κ1) is 19.2. The molecule has 0 aromatic heterocycles. The molecule has 0 radical (unpaired) electrons. The van der Waals surface area contributed by atoms with Crippen LogP contribution in [0.5, 0.6) is 0 Å². The third-order valence-electron chi connectivity index (χ3n) is 4.49. The van der Waals surface area contributed by atoms with Crippen molar-refractivity contribution in [3.05, 3.63) is 65.2 Å². The number of aliphatic imine (C=N–C) groups is 1. The molecule has 2 aromatic rings. The molecule has 140 valence electrons. The fraction of sp³-hybridized carbons (Fsp3) is 0.286. The van der Waals surface area contributed by atoms with Gasteiger partial charge in [-0.25, -0.2) is 0 Å². The van der Waals surface area contributed by atoms with Gasteiger partial charge in [0.2, 0.25) is 11.8 Å². The van der Waals surface area contributed by atoms with Crippen molar-refractivity contribution in [3.8, 4) is 0 Å². The molecule has 5 nitrogen and oxygen atoms in total. The molecule has 0 unspecified atom stereocenters. The van der Waals surface area contributed by atoms with Crippen molar-refractivity contribution in [2.45, 2.75) is 38.5 Å². The number of anilines is 1. The van der Waals surface area contributed by atoms with Gasteiger partial charge in [0.15, 0.2) is 5.17 Å². The van der Waals surface area contributed by atoms with E-state index in [2.05, 4.69) is 15.6 Å². The van der Waals surface area contributed by atoms with E-state index in [0.29, 0.717) is 5.17 Å². The van der Waals surface area contributed by atoms with Crippen LogP contribution in [0.3, 0.4) is 0 Å². The molecule has 2 N–H and O–H groups in total. The maximum atomic E-state index is 12.4. The molecule has 1 saturated heterocycles. The number of hydrogen-bond acceptors (Lipinski definition) is 4. The summed E-state index contributed by atoms with van der Waals surface area (Å²) < 4.78 is 0. The van der Waals surface area contributed by atoms with Crippen LogP contribution in [0.25, 0.3) is 0 Å². The van der Waals surface area contributed by atoms with Gasteiger partial charge in [-0.1, -0.05) is 60.3 Å². The van der Waals surface area contributed by atoms with Crippen molar-refractivity contribution in [1.29, 1.82) is 0 Å². The molecular weight excluding hydrogens is 358 g/mol. The highest BCUT2D eigenvalue weighted by atomic mass is 32.2. The van der Waals surface area contributed by atoms with Gasteiger partial charge < -0.3 is 10.6 Å². The third kappa shape index (κ3) is 4.77. The highest BCUT2D eigenvalue weighted by molar-refractivity contribution is 8.15. The lowest BCUT2D eigenvalue weighted by atomic mass is 10.1. The minimum atomic E-state index is -0.462. The van der Waals surface area contributed by atoms with E-state index in [-0.39, 0.29) is 24.3 Å². The molecule has 0 bridgehead atoms. The number of amidine groups is 1. The van der Waals surface area contributed by atoms with Crippen LogP contribution in [0.1, 0.15) is 36.1 Å². The van der Waals surface area contributed by atoms with Crippen LogP contribution in [0.15, 0.2) is 53.5 Å². The normalized spacial score (nSPS) is 19.0. The minimum absolute atomic E-state index is 0.0591. The molecule has 3 rings (SSSR count). The number of carbonyl (C=O) groups is 2. The summed E-state index contributed by atoms with van der Waals surface area (Å²) in [6.45, 7) is 5.89. The molecule has 1 aliphatic heterocycles. The number of benzene rings is 2. The predicted octanol–water partition coefficient (Wildman–Crippen LogP) is 3.98. The first-order chi connectivity index (χ1) is 12.9. The summed E-state index contributed by atoms with van der Waals surface area (Å²) in [4.78, 5) is 29.2. The fourth-order valence-electron chi connectivity index (χ4n) is 2.95. The van der Waals surface area contributed by atoms with E-state index >= 15 is 0 Å². The number of para-hydroxylation sites is 1. The number of amides is 2. The summed E-state index contributed by atoms with van der Waals surface area (Å²) in [6.07, 6.45) is 0.114. The van der Waals surface area contributed by atoms with Gasteiger partial charge in [0.1, 0.15) is 5.25 Å². The molecule has 27 heavy (non-hydrogen) atoms. The van der Waals surface area contributed by atoms with Gasteiger partial charge in [-0.15, -0.1) is 0 Å². The first-order valence-electron chi connectivity index (χ1n) is 8.90. The second kappa shape index (κ2) is 8.39. The lowest BCUT2D eigenvalue weighted by Gasteiger charge is -2.12. The number of rotatable bonds is 5. The van der Waals surface area contributed by atoms with E-state index in [9.17, 15) is 9.59 Å². The number of nitrogens with zero attached hydrogens (tertiary/aromatic N) is 1. The van der Waals surface area contributed by atoms with Crippen LogP contribution in [-0.2, 0) is 9.59 Å². The van der Waals surface area contributed by atoms with Crippen molar-refractivity contribution < 1.29 is 9.59 Å². The Morgan fingerprint density at radius 2 is 1.81 bits per heavy atom. The molecule has 1 heterocycles. The Morgan fingerprint density at radius 3 is 2.48 bits per heavy atom. The van der Waals surface area contributed by atoms with E-state index < -0.39 is 5.25 Å². The molecule has 6 heteroatoms. The van der Waals surface area contributed by atoms with Crippen LogP contribution < -0.4 is 10.6 Å². The summed E-state index contributed by atoms with van der Waals surface area (Å²) in [5.74, 6) is -0.340. The van der Waals surface area contributed by atoms with Crippen molar-refractivity contribution >= 4 is 34.4 Å². The molecule has 1 aliphatic rings. The van der Waals surface area contributed by atoms with Crippen molar-refractivity contribution in [2.24, 2.45) is 4.99 Å². The van der Waals surface area contributed by atoms with Crippen LogP contribution >= 0.6 is 11.8 Å². The highest BCUT2D eigenvalue weighted by Crippen LogP contribution is 2.27. The molecule has 2 atom stereocenters. The zero-order valence-electron chi connectivity index (χ0n) is 15.7. The number of nitrogens with one attached hydrogen (secondary N) is 2. The summed E-state index contributed by atoms with van der Waals surface area (Å²) in [5.41, 5.74) is 3.91. The largest absolute Gasteiger partial charge is 0.326 e. The third-order valence-corrected chi connectivity index (χ3v) is 5.58. The van der Waals surface area contributed by atoms with Gasteiger partial charge in [-0.3, -0.25) is 14.6 Å². The van der Waals surface area contributed by atoms with Crippen LogP contribution in [-0.4, -0.2) is 22.2 Å². The first-order valence-corrected chi connectivity index (χ1v) is 9.78. The van der Waals surface area contributed by atoms with E-state index in [1.165, 1.54) is 11.8 Å². The standard InChI is InChI=1S/C21H23N3O2S/c1-13-8-7-9-14(2)19(13)23-18(25)12-17-20(26)24-21(27-17)22-15(3)16-10-5-4-6-11-16/h4-11,15,17H,12H2,1-3H3,(H,23,25)(H,22,24,26)/t15-,17-/m0/s1. The van der Waals surface area contributed by atoms with Crippen molar-refractivity contribution in [3.63, 3.8) is 0 Å². The molecule has 0 spiro atoms. The zero-order chi connectivity index (χ0) is 19.4. The molecule has 0 aliphatic carbocycles. The number of thioether (sulfide) groups is 1. The van der Waals surface area contributed by atoms with E-state index in [1.807, 2.05) is 69.3 Å². The maximum Gasteiger partial charge on any atom is 0.240 e.